The van der Waals surface area contributed by atoms with Gasteiger partial charge in [-0.3, -0.25) is 0 Å². The van der Waals surface area contributed by atoms with Crippen LogP contribution in [0.4, 0.5) is 0 Å². The fourth-order valence-corrected chi connectivity index (χ4v) is 2.64. The van der Waals surface area contributed by atoms with E-state index in [9.17, 15) is 0 Å². The second-order valence-corrected chi connectivity index (χ2v) is 4.08. The first kappa shape index (κ1) is 10.0. The van der Waals surface area contributed by atoms with E-state index in [1.54, 1.807) is 0 Å². The molecule has 2 rings (SSSR count). The summed E-state index contributed by atoms with van der Waals surface area (Å²) in [5, 5.41) is 0. The molecule has 3 atom stereocenters. The van der Waals surface area contributed by atoms with Crippen molar-refractivity contribution in [2.75, 3.05) is 7.05 Å². The molecule has 1 heterocycles. The van der Waals surface area contributed by atoms with Crippen LogP contribution in [0.15, 0.2) is 0 Å². The van der Waals surface area contributed by atoms with Crippen LogP contribution in [0.5, 0.6) is 0 Å². The minimum atomic E-state index is 0.853. The number of hydrogen-bond acceptors (Lipinski definition) is 1. The molecule has 0 amide bonds. The third-order valence-electron chi connectivity index (χ3n) is 3.46. The summed E-state index contributed by atoms with van der Waals surface area (Å²) in [4.78, 5) is 2.57. The summed E-state index contributed by atoms with van der Waals surface area (Å²) in [7, 11) is 2.29. The van der Waals surface area contributed by atoms with Gasteiger partial charge in [-0.1, -0.05) is 13.8 Å². The van der Waals surface area contributed by atoms with Crippen molar-refractivity contribution in [2.24, 2.45) is 5.92 Å². The largest absolute Gasteiger partial charge is 0.301 e. The first-order valence-electron chi connectivity index (χ1n) is 5.49. The van der Waals surface area contributed by atoms with E-state index in [1.807, 2.05) is 13.8 Å². The molecule has 0 aromatic heterocycles. The zero-order valence-corrected chi connectivity index (χ0v) is 9.01. The van der Waals surface area contributed by atoms with Gasteiger partial charge >= 0.3 is 0 Å². The summed E-state index contributed by atoms with van der Waals surface area (Å²) >= 11 is 0. The van der Waals surface area contributed by atoms with Gasteiger partial charge in [0.05, 0.1) is 0 Å². The molecule has 2 fully saturated rings. The van der Waals surface area contributed by atoms with Gasteiger partial charge in [0, 0.05) is 12.1 Å². The Hall–Kier alpha value is -0.0400. The fraction of sp³-hybridized carbons (Fsp3) is 1.00. The van der Waals surface area contributed by atoms with Crippen LogP contribution in [-0.4, -0.2) is 24.0 Å². The average molecular weight is 169 g/mol. The highest BCUT2D eigenvalue weighted by Gasteiger charge is 2.35. The van der Waals surface area contributed by atoms with Crippen molar-refractivity contribution in [3.63, 3.8) is 0 Å². The van der Waals surface area contributed by atoms with Gasteiger partial charge in [0.25, 0.3) is 0 Å². The van der Waals surface area contributed by atoms with Gasteiger partial charge in [0.2, 0.25) is 0 Å². The van der Waals surface area contributed by atoms with Crippen molar-refractivity contribution < 1.29 is 0 Å². The highest BCUT2D eigenvalue weighted by Crippen LogP contribution is 2.38. The lowest BCUT2D eigenvalue weighted by Gasteiger charge is -2.35. The summed E-state index contributed by atoms with van der Waals surface area (Å²) in [6, 6.07) is 1.79. The lowest BCUT2D eigenvalue weighted by atomic mass is 9.94. The summed E-state index contributed by atoms with van der Waals surface area (Å²) in [6.07, 6.45) is 5.90. The van der Waals surface area contributed by atoms with Crippen molar-refractivity contribution in [1.82, 2.24) is 4.90 Å². The summed E-state index contributed by atoms with van der Waals surface area (Å²) in [5.74, 6) is 1.08. The van der Waals surface area contributed by atoms with Crippen molar-refractivity contribution in [3.05, 3.63) is 0 Å². The molecule has 1 heteroatoms. The first-order chi connectivity index (χ1) is 5.77. The molecule has 1 aliphatic heterocycles. The van der Waals surface area contributed by atoms with Gasteiger partial charge in [-0.2, -0.15) is 0 Å². The lowest BCUT2D eigenvalue weighted by Crippen LogP contribution is -2.40. The van der Waals surface area contributed by atoms with Crippen LogP contribution >= 0.6 is 0 Å². The van der Waals surface area contributed by atoms with Gasteiger partial charge < -0.3 is 4.90 Å². The smallest absolute Gasteiger partial charge is 0.00977 e. The fourth-order valence-electron chi connectivity index (χ4n) is 2.64. The predicted octanol–water partition coefficient (Wildman–Crippen LogP) is 2.91. The Labute approximate surface area is 77.1 Å². The zero-order valence-electron chi connectivity index (χ0n) is 9.01. The molecule has 1 saturated heterocycles. The highest BCUT2D eigenvalue weighted by molar-refractivity contribution is 4.90. The van der Waals surface area contributed by atoms with E-state index >= 15 is 0 Å². The van der Waals surface area contributed by atoms with Crippen LogP contribution in [0.1, 0.15) is 46.5 Å². The average Bonchev–Trinajstić information content (AvgIpc) is 2.50. The van der Waals surface area contributed by atoms with Crippen LogP contribution in [0.3, 0.4) is 0 Å². The van der Waals surface area contributed by atoms with E-state index in [1.165, 1.54) is 25.7 Å². The molecule has 0 aromatic rings. The van der Waals surface area contributed by atoms with Gasteiger partial charge in [0.15, 0.2) is 0 Å². The standard InChI is InChI=1S/C9H17N.C2H6/c1-7-5-8-3-4-9(6-8)10(7)2;1-2/h7-9H,3-6H2,1-2H3;1-2H3. The van der Waals surface area contributed by atoms with Gasteiger partial charge in [0.1, 0.15) is 0 Å². The normalized spacial score (nSPS) is 40.5. The first-order valence-corrected chi connectivity index (χ1v) is 5.49. The molecule has 0 spiro atoms. The maximum atomic E-state index is 2.57. The van der Waals surface area contributed by atoms with Gasteiger partial charge in [-0.15, -0.1) is 0 Å². The van der Waals surface area contributed by atoms with Gasteiger partial charge in [-0.05, 0) is 45.6 Å². The summed E-state index contributed by atoms with van der Waals surface area (Å²) in [6.45, 7) is 6.37. The third kappa shape index (κ3) is 1.82. The van der Waals surface area contributed by atoms with Crippen molar-refractivity contribution in [3.8, 4) is 0 Å². The van der Waals surface area contributed by atoms with E-state index in [-0.39, 0.29) is 0 Å². The van der Waals surface area contributed by atoms with Crippen LogP contribution in [0, 0.1) is 5.92 Å². The molecule has 1 aliphatic carbocycles. The lowest BCUT2D eigenvalue weighted by molar-refractivity contribution is 0.131. The van der Waals surface area contributed by atoms with Crippen LogP contribution in [0.25, 0.3) is 0 Å². The van der Waals surface area contributed by atoms with Crippen LogP contribution in [0.2, 0.25) is 0 Å². The number of piperidine rings is 1. The quantitative estimate of drug-likeness (QED) is 0.539. The number of hydrogen-bond donors (Lipinski definition) is 0. The topological polar surface area (TPSA) is 3.24 Å². The molecule has 1 nitrogen and oxygen atoms in total. The Balaban J connectivity index is 0.000000336. The molecule has 0 radical (unpaired) electrons. The number of nitrogens with zero attached hydrogens (tertiary/aromatic N) is 1. The Bertz CT molecular complexity index is 133. The van der Waals surface area contributed by atoms with E-state index in [4.69, 9.17) is 0 Å². The third-order valence-corrected chi connectivity index (χ3v) is 3.46. The molecule has 3 unspecified atom stereocenters. The minimum absolute atomic E-state index is 0.853. The number of fused-ring (bicyclic) bond motifs is 2. The van der Waals surface area contributed by atoms with Crippen molar-refractivity contribution in [1.29, 1.82) is 0 Å². The molecule has 0 N–H and O–H groups in total. The molecule has 2 aliphatic rings. The SMILES string of the molecule is CC.CC1CC2CCC(C2)N1C. The molecule has 2 bridgehead atoms. The van der Waals surface area contributed by atoms with Crippen molar-refractivity contribution in [2.45, 2.75) is 58.5 Å². The Kier molecular flexibility index (Phi) is 3.57. The number of likely N-dealkylation sites (tertiary alicyclic amines) is 1. The van der Waals surface area contributed by atoms with Crippen molar-refractivity contribution >= 4 is 0 Å². The summed E-state index contributed by atoms with van der Waals surface area (Å²) < 4.78 is 0. The molecule has 12 heavy (non-hydrogen) atoms. The predicted molar refractivity (Wildman–Crippen MR) is 54.3 cm³/mol. The van der Waals surface area contributed by atoms with Gasteiger partial charge in [-0.25, -0.2) is 0 Å². The zero-order chi connectivity index (χ0) is 9.14. The highest BCUT2D eigenvalue weighted by atomic mass is 15.2. The van der Waals surface area contributed by atoms with E-state index < -0.39 is 0 Å². The summed E-state index contributed by atoms with van der Waals surface area (Å²) in [5.41, 5.74) is 0. The molecular weight excluding hydrogens is 146 g/mol. The van der Waals surface area contributed by atoms with E-state index in [2.05, 4.69) is 18.9 Å². The Morgan fingerprint density at radius 1 is 1.08 bits per heavy atom. The Morgan fingerprint density at radius 3 is 2.42 bits per heavy atom. The second-order valence-electron chi connectivity index (χ2n) is 4.08. The van der Waals surface area contributed by atoms with E-state index in [0.717, 1.165) is 18.0 Å². The number of rotatable bonds is 0. The molecule has 1 saturated carbocycles. The molecular formula is C11H23N. The molecule has 72 valence electrons. The maximum absolute atomic E-state index is 2.57. The maximum Gasteiger partial charge on any atom is 0.00977 e. The van der Waals surface area contributed by atoms with Crippen LogP contribution < -0.4 is 0 Å². The second kappa shape index (κ2) is 4.27. The molecule has 0 aromatic carbocycles. The Morgan fingerprint density at radius 2 is 1.75 bits per heavy atom. The monoisotopic (exact) mass is 169 g/mol. The van der Waals surface area contributed by atoms with Crippen LogP contribution in [-0.2, 0) is 0 Å². The van der Waals surface area contributed by atoms with E-state index in [0.29, 0.717) is 0 Å². The minimum Gasteiger partial charge on any atom is -0.301 e.